The molecule has 2 rings (SSSR count). The van der Waals surface area contributed by atoms with E-state index in [2.05, 4.69) is 5.32 Å². The minimum Gasteiger partial charge on any atom is -0.495 e. The molecule has 0 bridgehead atoms. The fourth-order valence-corrected chi connectivity index (χ4v) is 3.89. The molecule has 0 aliphatic heterocycles. The first kappa shape index (κ1) is 26.0. The van der Waals surface area contributed by atoms with Crippen molar-refractivity contribution in [2.45, 2.75) is 31.2 Å². The molecule has 0 aromatic heterocycles. The predicted octanol–water partition coefficient (Wildman–Crippen LogP) is 2.30. The number of sulfonamides is 1. The van der Waals surface area contributed by atoms with Crippen molar-refractivity contribution >= 4 is 21.8 Å². The highest BCUT2D eigenvalue weighted by Gasteiger charge is 2.19. The maximum absolute atomic E-state index is 12.1. The van der Waals surface area contributed by atoms with E-state index in [1.807, 2.05) is 44.2 Å². The maximum atomic E-state index is 12.1. The number of hydrogen-bond acceptors (Lipinski definition) is 6. The van der Waals surface area contributed by atoms with Gasteiger partial charge in [0.2, 0.25) is 0 Å². The first-order chi connectivity index (χ1) is 13.9. The van der Waals surface area contributed by atoms with Crippen LogP contribution in [0.2, 0.25) is 0 Å². The Balaban J connectivity index is 0.00000450. The summed E-state index contributed by atoms with van der Waals surface area (Å²) in [5.41, 5.74) is 0.846. The molecule has 0 radical (unpaired) electrons. The standard InChI is InChI=1S/C20H27ClN2O5S.H2O/c1-4-27-17-7-5-6-8-18(17)28-12-11-22-15(2)13-16-9-10-19(26-3)20(14-16)29(24,25)23-21;/h5-10,14-15,22-23H,4,11-13H2,1-3H3;1H2. The fourth-order valence-electron chi connectivity index (χ4n) is 2.84. The molecule has 0 spiro atoms. The largest absolute Gasteiger partial charge is 0.495 e. The number of hydrogen-bond donors (Lipinski definition) is 2. The Hall–Kier alpha value is -2.04. The summed E-state index contributed by atoms with van der Waals surface area (Å²) in [5.74, 6) is 1.68. The number of nitrogens with one attached hydrogen (secondary N) is 2. The van der Waals surface area contributed by atoms with Gasteiger partial charge in [0.05, 0.1) is 13.7 Å². The van der Waals surface area contributed by atoms with Crippen LogP contribution in [0.5, 0.6) is 17.2 Å². The van der Waals surface area contributed by atoms with Crippen molar-refractivity contribution < 1.29 is 28.1 Å². The zero-order valence-corrected chi connectivity index (χ0v) is 18.8. The van der Waals surface area contributed by atoms with Crippen molar-refractivity contribution in [3.05, 3.63) is 48.0 Å². The van der Waals surface area contributed by atoms with Gasteiger partial charge in [-0.05, 0) is 61.9 Å². The summed E-state index contributed by atoms with van der Waals surface area (Å²) in [7, 11) is -2.41. The van der Waals surface area contributed by atoms with Gasteiger partial charge in [-0.25, -0.2) is 8.42 Å². The average Bonchev–Trinajstić information content (AvgIpc) is 2.72. The molecule has 0 amide bonds. The summed E-state index contributed by atoms with van der Waals surface area (Å²) in [6.07, 6.45) is 0.629. The Bertz CT molecular complexity index is 895. The highest BCUT2D eigenvalue weighted by molar-refractivity contribution is 7.90. The Kier molecular flexibility index (Phi) is 10.9. The zero-order chi connectivity index (χ0) is 21.3. The first-order valence-corrected chi connectivity index (χ1v) is 11.1. The van der Waals surface area contributed by atoms with E-state index < -0.39 is 10.0 Å². The lowest BCUT2D eigenvalue weighted by molar-refractivity contribution is 0.272. The van der Waals surface area contributed by atoms with Crippen LogP contribution in [0.1, 0.15) is 19.4 Å². The van der Waals surface area contributed by atoms with Crippen LogP contribution in [0.3, 0.4) is 0 Å². The van der Waals surface area contributed by atoms with Crippen LogP contribution >= 0.6 is 11.8 Å². The molecule has 0 saturated heterocycles. The summed E-state index contributed by atoms with van der Waals surface area (Å²) < 4.78 is 42.4. The normalized spacial score (nSPS) is 12.0. The van der Waals surface area contributed by atoms with E-state index in [0.29, 0.717) is 31.9 Å². The topological polar surface area (TPSA) is 117 Å². The summed E-state index contributed by atoms with van der Waals surface area (Å²) in [4.78, 5) is 0.00978. The number of halogens is 1. The molecular weight excluding hydrogens is 432 g/mol. The van der Waals surface area contributed by atoms with Gasteiger partial charge < -0.3 is 25.0 Å². The summed E-state index contributed by atoms with van der Waals surface area (Å²) in [5, 5.41) is 3.37. The molecule has 30 heavy (non-hydrogen) atoms. The SMILES string of the molecule is CCOc1ccccc1OCCNC(C)Cc1ccc(OC)c(S(=O)(=O)NCl)c1.O. The van der Waals surface area contributed by atoms with E-state index in [0.717, 1.165) is 11.3 Å². The molecule has 0 saturated carbocycles. The van der Waals surface area contributed by atoms with Crippen LogP contribution in [0.15, 0.2) is 47.4 Å². The minimum absolute atomic E-state index is 0. The van der Waals surface area contributed by atoms with Gasteiger partial charge in [0, 0.05) is 12.6 Å². The minimum atomic E-state index is -3.82. The van der Waals surface area contributed by atoms with E-state index in [4.69, 9.17) is 26.0 Å². The Morgan fingerprint density at radius 1 is 1.07 bits per heavy atom. The van der Waals surface area contributed by atoms with Gasteiger partial charge in [-0.15, -0.1) is 4.24 Å². The van der Waals surface area contributed by atoms with E-state index in [-0.39, 0.29) is 22.2 Å². The van der Waals surface area contributed by atoms with Crippen LogP contribution in [0, 0.1) is 0 Å². The van der Waals surface area contributed by atoms with Crippen molar-refractivity contribution in [3.63, 3.8) is 0 Å². The Morgan fingerprint density at radius 3 is 2.33 bits per heavy atom. The molecule has 0 fully saturated rings. The molecule has 2 aromatic rings. The highest BCUT2D eigenvalue weighted by Crippen LogP contribution is 2.27. The third-order valence-corrected chi connectivity index (χ3v) is 5.87. The van der Waals surface area contributed by atoms with Crippen molar-refractivity contribution in [1.82, 2.24) is 9.56 Å². The van der Waals surface area contributed by atoms with Gasteiger partial charge in [0.1, 0.15) is 17.3 Å². The lowest BCUT2D eigenvalue weighted by Gasteiger charge is -2.16. The summed E-state index contributed by atoms with van der Waals surface area (Å²) in [6, 6.07) is 12.7. The molecule has 0 aliphatic carbocycles. The predicted molar refractivity (Wildman–Crippen MR) is 117 cm³/mol. The smallest absolute Gasteiger partial charge is 0.257 e. The number of methoxy groups -OCH3 is 1. The third kappa shape index (κ3) is 7.33. The first-order valence-electron chi connectivity index (χ1n) is 9.28. The quantitative estimate of drug-likeness (QED) is 0.370. The molecule has 168 valence electrons. The van der Waals surface area contributed by atoms with Crippen molar-refractivity contribution in [3.8, 4) is 17.2 Å². The van der Waals surface area contributed by atoms with E-state index in [1.54, 1.807) is 16.4 Å². The molecule has 4 N–H and O–H groups in total. The highest BCUT2D eigenvalue weighted by atomic mass is 35.5. The van der Waals surface area contributed by atoms with Gasteiger partial charge in [-0.2, -0.15) is 0 Å². The lowest BCUT2D eigenvalue weighted by atomic mass is 10.1. The van der Waals surface area contributed by atoms with Gasteiger partial charge in [-0.1, -0.05) is 18.2 Å². The van der Waals surface area contributed by atoms with Crippen LogP contribution in [0.25, 0.3) is 0 Å². The van der Waals surface area contributed by atoms with E-state index in [1.165, 1.54) is 7.11 Å². The molecule has 1 unspecified atom stereocenters. The van der Waals surface area contributed by atoms with Gasteiger partial charge in [0.25, 0.3) is 10.0 Å². The second-order valence-corrected chi connectivity index (χ2v) is 8.42. The van der Waals surface area contributed by atoms with E-state index in [9.17, 15) is 8.42 Å². The van der Waals surface area contributed by atoms with E-state index >= 15 is 0 Å². The molecule has 2 aromatic carbocycles. The number of benzene rings is 2. The second-order valence-electron chi connectivity index (χ2n) is 6.35. The maximum Gasteiger partial charge on any atom is 0.257 e. The van der Waals surface area contributed by atoms with Gasteiger partial charge in [0.15, 0.2) is 11.5 Å². The van der Waals surface area contributed by atoms with Crippen molar-refractivity contribution in [2.75, 3.05) is 26.9 Å². The third-order valence-electron chi connectivity index (χ3n) is 4.16. The second kappa shape index (κ2) is 12.6. The monoisotopic (exact) mass is 460 g/mol. The molecular formula is C20H29ClN2O6S. The van der Waals surface area contributed by atoms with Crippen LogP contribution in [-0.2, 0) is 16.4 Å². The zero-order valence-electron chi connectivity index (χ0n) is 17.3. The van der Waals surface area contributed by atoms with Gasteiger partial charge in [-0.3, -0.25) is 0 Å². The van der Waals surface area contributed by atoms with Gasteiger partial charge >= 0.3 is 0 Å². The van der Waals surface area contributed by atoms with Crippen molar-refractivity contribution in [2.24, 2.45) is 0 Å². The molecule has 0 heterocycles. The van der Waals surface area contributed by atoms with Crippen molar-refractivity contribution in [1.29, 1.82) is 0 Å². The Labute approximate surface area is 183 Å². The summed E-state index contributed by atoms with van der Waals surface area (Å²) >= 11 is 5.35. The number of ether oxygens (including phenoxy) is 3. The van der Waals surface area contributed by atoms with Crippen LogP contribution in [-0.4, -0.2) is 46.8 Å². The molecule has 0 aliphatic rings. The lowest BCUT2D eigenvalue weighted by Crippen LogP contribution is -2.32. The van der Waals surface area contributed by atoms with Crippen LogP contribution < -0.4 is 23.8 Å². The number of rotatable bonds is 12. The van der Waals surface area contributed by atoms with Crippen LogP contribution in [0.4, 0.5) is 0 Å². The fraction of sp³-hybridized carbons (Fsp3) is 0.400. The average molecular weight is 461 g/mol. The summed E-state index contributed by atoms with van der Waals surface area (Å²) in [6.45, 7) is 5.64. The molecule has 10 heteroatoms. The molecule has 8 nitrogen and oxygen atoms in total. The molecule has 1 atom stereocenters. The Morgan fingerprint density at radius 2 is 1.73 bits per heavy atom. The number of para-hydroxylation sites is 2.